The van der Waals surface area contributed by atoms with E-state index in [-0.39, 0.29) is 36.2 Å². The predicted molar refractivity (Wildman–Crippen MR) is 120 cm³/mol. The molecule has 0 bridgehead atoms. The van der Waals surface area contributed by atoms with Crippen LogP contribution in [0.1, 0.15) is 24.0 Å². The van der Waals surface area contributed by atoms with Gasteiger partial charge >= 0.3 is 0 Å². The molecule has 0 radical (unpaired) electrons. The maximum atomic E-state index is 13.1. The normalized spacial score (nSPS) is 16.8. The van der Waals surface area contributed by atoms with Crippen molar-refractivity contribution in [2.24, 2.45) is 0 Å². The first-order chi connectivity index (χ1) is 15.5. The number of nitrogens with zero attached hydrogens (tertiary/aromatic N) is 1. The molecule has 0 unspecified atom stereocenters. The van der Waals surface area contributed by atoms with Gasteiger partial charge in [-0.1, -0.05) is 6.07 Å². The fourth-order valence-corrected chi connectivity index (χ4v) is 5.62. The maximum absolute atomic E-state index is 13.1. The van der Waals surface area contributed by atoms with Crippen LogP contribution in [0.3, 0.4) is 0 Å². The number of rotatable bonds is 7. The van der Waals surface area contributed by atoms with Crippen LogP contribution in [-0.2, 0) is 32.4 Å². The Bertz CT molecular complexity index is 1080. The lowest BCUT2D eigenvalue weighted by Crippen LogP contribution is -2.40. The van der Waals surface area contributed by atoms with E-state index in [0.717, 1.165) is 12.8 Å². The molecule has 8 nitrogen and oxygen atoms in total. The number of carbonyl (C=O) groups excluding carboxylic acids is 1. The van der Waals surface area contributed by atoms with Crippen molar-refractivity contribution in [3.63, 3.8) is 0 Å². The Morgan fingerprint density at radius 1 is 1.06 bits per heavy atom. The lowest BCUT2D eigenvalue weighted by atomic mass is 9.92. The van der Waals surface area contributed by atoms with Crippen LogP contribution in [-0.4, -0.2) is 58.7 Å². The summed E-state index contributed by atoms with van der Waals surface area (Å²) in [7, 11) is -2.37. The summed E-state index contributed by atoms with van der Waals surface area (Å²) in [5.74, 6) is 0.508. The zero-order valence-corrected chi connectivity index (χ0v) is 18.9. The van der Waals surface area contributed by atoms with Crippen molar-refractivity contribution < 1.29 is 27.4 Å². The quantitative estimate of drug-likeness (QED) is 0.683. The highest BCUT2D eigenvalue weighted by molar-refractivity contribution is 7.89. The predicted octanol–water partition coefficient (Wildman–Crippen LogP) is 2.61. The summed E-state index contributed by atoms with van der Waals surface area (Å²) in [6, 6.07) is 10.5. The number of morpholine rings is 1. The number of hydrogen-bond donors (Lipinski definition) is 1. The number of benzene rings is 2. The molecule has 32 heavy (non-hydrogen) atoms. The summed E-state index contributed by atoms with van der Waals surface area (Å²) in [6.45, 7) is 1.07. The first kappa shape index (κ1) is 22.6. The fraction of sp³-hybridized carbons (Fsp3) is 0.435. The molecule has 1 aliphatic carbocycles. The number of nitrogens with one attached hydrogen (secondary N) is 1. The topological polar surface area (TPSA) is 94.2 Å². The van der Waals surface area contributed by atoms with E-state index in [0.29, 0.717) is 24.7 Å². The largest absolute Gasteiger partial charge is 0.495 e. The number of amides is 1. The Morgan fingerprint density at radius 2 is 1.81 bits per heavy atom. The van der Waals surface area contributed by atoms with Crippen molar-refractivity contribution in [3.8, 4) is 11.5 Å². The van der Waals surface area contributed by atoms with Gasteiger partial charge in [-0.05, 0) is 67.1 Å². The fourth-order valence-electron chi connectivity index (χ4n) is 4.03. The van der Waals surface area contributed by atoms with Gasteiger partial charge in [0.2, 0.25) is 10.0 Å². The van der Waals surface area contributed by atoms with Crippen LogP contribution in [0, 0.1) is 0 Å². The van der Waals surface area contributed by atoms with Gasteiger partial charge in [-0.2, -0.15) is 4.31 Å². The van der Waals surface area contributed by atoms with E-state index in [1.807, 2.05) is 12.1 Å². The van der Waals surface area contributed by atoms with Crippen LogP contribution < -0.4 is 14.8 Å². The molecule has 2 aliphatic rings. The molecule has 0 aromatic heterocycles. The molecular weight excluding hydrogens is 432 g/mol. The van der Waals surface area contributed by atoms with E-state index < -0.39 is 10.0 Å². The van der Waals surface area contributed by atoms with Gasteiger partial charge in [0.15, 0.2) is 6.61 Å². The number of fused-ring (bicyclic) bond motifs is 1. The maximum Gasteiger partial charge on any atom is 0.262 e. The van der Waals surface area contributed by atoms with Gasteiger partial charge in [0.05, 0.1) is 20.3 Å². The Morgan fingerprint density at radius 3 is 2.56 bits per heavy atom. The Hall–Kier alpha value is -2.62. The van der Waals surface area contributed by atoms with E-state index in [1.54, 1.807) is 6.07 Å². The monoisotopic (exact) mass is 460 g/mol. The average molecular weight is 461 g/mol. The van der Waals surface area contributed by atoms with E-state index >= 15 is 0 Å². The van der Waals surface area contributed by atoms with Crippen molar-refractivity contribution in [2.45, 2.75) is 30.6 Å². The van der Waals surface area contributed by atoms with E-state index in [9.17, 15) is 13.2 Å². The van der Waals surface area contributed by atoms with Crippen LogP contribution in [0.15, 0.2) is 41.3 Å². The number of aryl methyl sites for hydroxylation is 2. The molecule has 0 spiro atoms. The molecule has 1 fully saturated rings. The van der Waals surface area contributed by atoms with Gasteiger partial charge in [-0.15, -0.1) is 0 Å². The summed E-state index contributed by atoms with van der Waals surface area (Å²) >= 11 is 0. The molecule has 1 aliphatic heterocycles. The number of hydrogen-bond acceptors (Lipinski definition) is 6. The molecule has 1 amide bonds. The van der Waals surface area contributed by atoms with Crippen molar-refractivity contribution in [2.75, 3.05) is 45.3 Å². The second kappa shape index (κ2) is 9.89. The third-order valence-corrected chi connectivity index (χ3v) is 7.64. The lowest BCUT2D eigenvalue weighted by Gasteiger charge is -2.26. The number of ether oxygens (including phenoxy) is 3. The van der Waals surface area contributed by atoms with Crippen LogP contribution in [0.25, 0.3) is 0 Å². The standard InChI is InChI=1S/C23H28N2O6S/c1-29-21-9-7-19(15-22(21)32(27,28)25-10-12-30-13-11-25)24-23(26)16-31-20-8-6-17-4-2-3-5-18(17)14-20/h6-9,14-15H,2-5,10-13,16H2,1H3,(H,24,26). The Balaban J connectivity index is 1.43. The van der Waals surface area contributed by atoms with Crippen molar-refractivity contribution >= 4 is 21.6 Å². The molecule has 0 saturated carbocycles. The highest BCUT2D eigenvalue weighted by atomic mass is 32.2. The smallest absolute Gasteiger partial charge is 0.262 e. The van der Waals surface area contributed by atoms with Crippen LogP contribution in [0.5, 0.6) is 11.5 Å². The van der Waals surface area contributed by atoms with Crippen LogP contribution in [0.2, 0.25) is 0 Å². The van der Waals surface area contributed by atoms with Crippen molar-refractivity contribution in [1.29, 1.82) is 0 Å². The minimum Gasteiger partial charge on any atom is -0.495 e. The van der Waals surface area contributed by atoms with E-state index in [4.69, 9.17) is 14.2 Å². The first-order valence-corrected chi connectivity index (χ1v) is 12.2. The number of sulfonamides is 1. The van der Waals surface area contributed by atoms with Gasteiger partial charge in [0.25, 0.3) is 5.91 Å². The van der Waals surface area contributed by atoms with Gasteiger partial charge in [-0.25, -0.2) is 8.42 Å². The molecule has 2 aromatic carbocycles. The Labute approximate surface area is 188 Å². The summed E-state index contributed by atoms with van der Waals surface area (Å²) in [5.41, 5.74) is 2.99. The zero-order valence-electron chi connectivity index (χ0n) is 18.1. The molecule has 2 aromatic rings. The van der Waals surface area contributed by atoms with Crippen LogP contribution in [0.4, 0.5) is 5.69 Å². The number of carbonyl (C=O) groups is 1. The third-order valence-electron chi connectivity index (χ3n) is 5.73. The number of anilines is 1. The SMILES string of the molecule is COc1ccc(NC(=O)COc2ccc3c(c2)CCCC3)cc1S(=O)(=O)N1CCOCC1. The minimum atomic E-state index is -3.78. The summed E-state index contributed by atoms with van der Waals surface area (Å²) in [5, 5.41) is 2.71. The highest BCUT2D eigenvalue weighted by Gasteiger charge is 2.29. The van der Waals surface area contributed by atoms with Gasteiger partial charge in [0, 0.05) is 18.8 Å². The Kier molecular flexibility index (Phi) is 6.98. The van der Waals surface area contributed by atoms with Gasteiger partial charge in [-0.3, -0.25) is 4.79 Å². The van der Waals surface area contributed by atoms with Crippen molar-refractivity contribution in [3.05, 3.63) is 47.5 Å². The molecule has 4 rings (SSSR count). The molecular formula is C23H28N2O6S. The van der Waals surface area contributed by atoms with Gasteiger partial charge in [0.1, 0.15) is 16.4 Å². The third kappa shape index (κ3) is 5.06. The molecule has 1 N–H and O–H groups in total. The molecule has 0 atom stereocenters. The second-order valence-electron chi connectivity index (χ2n) is 7.86. The molecule has 1 saturated heterocycles. The number of methoxy groups -OCH3 is 1. The van der Waals surface area contributed by atoms with E-state index in [2.05, 4.69) is 11.4 Å². The molecule has 9 heteroatoms. The van der Waals surface area contributed by atoms with Crippen LogP contribution >= 0.6 is 0 Å². The summed E-state index contributed by atoms with van der Waals surface area (Å²) < 4.78 is 43.7. The lowest BCUT2D eigenvalue weighted by molar-refractivity contribution is -0.118. The average Bonchev–Trinajstić information content (AvgIpc) is 2.83. The first-order valence-electron chi connectivity index (χ1n) is 10.8. The molecule has 172 valence electrons. The van der Waals surface area contributed by atoms with Gasteiger partial charge < -0.3 is 19.5 Å². The van der Waals surface area contributed by atoms with Crippen molar-refractivity contribution in [1.82, 2.24) is 4.31 Å². The zero-order chi connectivity index (χ0) is 22.6. The molecule has 1 heterocycles. The second-order valence-corrected chi connectivity index (χ2v) is 9.76. The summed E-state index contributed by atoms with van der Waals surface area (Å²) in [6.07, 6.45) is 4.50. The summed E-state index contributed by atoms with van der Waals surface area (Å²) in [4.78, 5) is 12.5. The highest BCUT2D eigenvalue weighted by Crippen LogP contribution is 2.30. The minimum absolute atomic E-state index is 0.00954. The van der Waals surface area contributed by atoms with E-state index in [1.165, 1.54) is 47.5 Å².